The lowest BCUT2D eigenvalue weighted by Gasteiger charge is -2.16. The summed E-state index contributed by atoms with van der Waals surface area (Å²) in [7, 11) is 0. The molecule has 0 unspecified atom stereocenters. The van der Waals surface area contributed by atoms with Crippen molar-refractivity contribution in [1.29, 1.82) is 0 Å². The van der Waals surface area contributed by atoms with Crippen LogP contribution < -0.4 is 5.32 Å². The highest BCUT2D eigenvalue weighted by Crippen LogP contribution is 2.20. The number of benzene rings is 1. The van der Waals surface area contributed by atoms with E-state index < -0.39 is 0 Å². The maximum atomic E-state index is 13.7. The van der Waals surface area contributed by atoms with Gasteiger partial charge in [0.15, 0.2) is 0 Å². The summed E-state index contributed by atoms with van der Waals surface area (Å²) in [6.45, 7) is 0.635. The summed E-state index contributed by atoms with van der Waals surface area (Å²) in [6, 6.07) is 6.04. The molecular weight excluding hydrogens is 281 g/mol. The van der Waals surface area contributed by atoms with Crippen LogP contribution in [0.15, 0.2) is 22.7 Å². The van der Waals surface area contributed by atoms with E-state index in [1.54, 1.807) is 6.07 Å². The first-order valence-corrected chi connectivity index (χ1v) is 7.23. The number of nitrogens with one attached hydrogen (secondary N) is 1. The zero-order chi connectivity index (χ0) is 12.1. The molecule has 0 bridgehead atoms. The molecule has 2 rings (SSSR count). The Labute approximate surface area is 111 Å². The van der Waals surface area contributed by atoms with Crippen LogP contribution in [0.25, 0.3) is 0 Å². The molecule has 0 aromatic heterocycles. The number of halogens is 2. The van der Waals surface area contributed by atoms with Crippen LogP contribution in [0, 0.1) is 5.82 Å². The highest BCUT2D eigenvalue weighted by Gasteiger charge is 2.12. The zero-order valence-electron chi connectivity index (χ0n) is 10.0. The molecule has 0 radical (unpaired) electrons. The topological polar surface area (TPSA) is 12.0 Å². The first-order valence-electron chi connectivity index (χ1n) is 6.43. The molecule has 0 spiro atoms. The minimum absolute atomic E-state index is 0.131. The van der Waals surface area contributed by atoms with Gasteiger partial charge in [0.05, 0.1) is 4.47 Å². The Kier molecular flexibility index (Phi) is 4.99. The quantitative estimate of drug-likeness (QED) is 0.816. The molecule has 0 heterocycles. The lowest BCUT2D eigenvalue weighted by atomic mass is 10.1. The maximum absolute atomic E-state index is 13.7. The normalized spacial score (nSPS) is 18.0. The van der Waals surface area contributed by atoms with Gasteiger partial charge in [-0.05, 0) is 34.8 Å². The van der Waals surface area contributed by atoms with Crippen molar-refractivity contribution in [3.63, 3.8) is 0 Å². The van der Waals surface area contributed by atoms with Crippen LogP contribution in [0.5, 0.6) is 0 Å². The van der Waals surface area contributed by atoms with Crippen LogP contribution in [0.1, 0.15) is 44.1 Å². The van der Waals surface area contributed by atoms with Crippen LogP contribution in [-0.4, -0.2) is 6.04 Å². The van der Waals surface area contributed by atoms with E-state index in [9.17, 15) is 4.39 Å². The predicted octanol–water partition coefficient (Wildman–Crippen LogP) is 4.40. The second kappa shape index (κ2) is 6.50. The van der Waals surface area contributed by atoms with Crippen LogP contribution in [0.3, 0.4) is 0 Å². The summed E-state index contributed by atoms with van der Waals surface area (Å²) < 4.78 is 14.3. The Morgan fingerprint density at radius 3 is 2.59 bits per heavy atom. The summed E-state index contributed by atoms with van der Waals surface area (Å²) in [4.78, 5) is 0. The van der Waals surface area contributed by atoms with Gasteiger partial charge in [-0.2, -0.15) is 0 Å². The fourth-order valence-electron chi connectivity index (χ4n) is 2.42. The van der Waals surface area contributed by atoms with Crippen molar-refractivity contribution >= 4 is 15.9 Å². The molecule has 1 aliphatic carbocycles. The average Bonchev–Trinajstić information content (AvgIpc) is 2.59. The third kappa shape index (κ3) is 3.78. The molecule has 1 aromatic carbocycles. The summed E-state index contributed by atoms with van der Waals surface area (Å²) in [5, 5.41) is 3.49. The smallest absolute Gasteiger partial charge is 0.141 e. The van der Waals surface area contributed by atoms with Crippen molar-refractivity contribution in [3.8, 4) is 0 Å². The van der Waals surface area contributed by atoms with Gasteiger partial charge in [-0.15, -0.1) is 0 Å². The SMILES string of the molecule is Fc1c(Br)cccc1CNC1CCCCCC1. The molecule has 0 aliphatic heterocycles. The fourth-order valence-corrected chi connectivity index (χ4v) is 2.83. The number of hydrogen-bond acceptors (Lipinski definition) is 1. The average molecular weight is 300 g/mol. The van der Waals surface area contributed by atoms with Gasteiger partial charge >= 0.3 is 0 Å². The molecule has 3 heteroatoms. The van der Waals surface area contributed by atoms with Crippen LogP contribution in [-0.2, 0) is 6.54 Å². The van der Waals surface area contributed by atoms with Gasteiger partial charge in [-0.25, -0.2) is 4.39 Å². The van der Waals surface area contributed by atoms with Crippen molar-refractivity contribution in [3.05, 3.63) is 34.1 Å². The van der Waals surface area contributed by atoms with E-state index in [1.807, 2.05) is 12.1 Å². The van der Waals surface area contributed by atoms with Crippen molar-refractivity contribution < 1.29 is 4.39 Å². The van der Waals surface area contributed by atoms with Crippen molar-refractivity contribution in [2.75, 3.05) is 0 Å². The molecule has 1 N–H and O–H groups in total. The first kappa shape index (κ1) is 13.0. The summed E-state index contributed by atoms with van der Waals surface area (Å²) in [5.41, 5.74) is 0.753. The summed E-state index contributed by atoms with van der Waals surface area (Å²) in [6.07, 6.45) is 7.77. The molecule has 1 nitrogen and oxygen atoms in total. The van der Waals surface area contributed by atoms with Crippen molar-refractivity contribution in [2.24, 2.45) is 0 Å². The molecule has 1 fully saturated rings. The highest BCUT2D eigenvalue weighted by molar-refractivity contribution is 9.10. The molecule has 1 saturated carbocycles. The van der Waals surface area contributed by atoms with E-state index in [-0.39, 0.29) is 5.82 Å². The van der Waals surface area contributed by atoms with E-state index in [4.69, 9.17) is 0 Å². The van der Waals surface area contributed by atoms with Gasteiger partial charge in [-0.1, -0.05) is 37.8 Å². The largest absolute Gasteiger partial charge is 0.310 e. The molecule has 1 aliphatic rings. The Balaban J connectivity index is 1.90. The Morgan fingerprint density at radius 1 is 1.18 bits per heavy atom. The monoisotopic (exact) mass is 299 g/mol. The van der Waals surface area contributed by atoms with E-state index >= 15 is 0 Å². The van der Waals surface area contributed by atoms with E-state index in [1.165, 1.54) is 38.5 Å². The second-order valence-corrected chi connectivity index (χ2v) is 5.64. The van der Waals surface area contributed by atoms with Crippen molar-refractivity contribution in [1.82, 2.24) is 5.32 Å². The molecular formula is C14H19BrFN. The first-order chi connectivity index (χ1) is 8.27. The zero-order valence-corrected chi connectivity index (χ0v) is 11.6. The van der Waals surface area contributed by atoms with E-state index in [0.717, 1.165) is 5.56 Å². The van der Waals surface area contributed by atoms with Gasteiger partial charge in [0.1, 0.15) is 5.82 Å². The minimum atomic E-state index is -0.131. The molecule has 94 valence electrons. The molecule has 1 aromatic rings. The molecule has 17 heavy (non-hydrogen) atoms. The van der Waals surface area contributed by atoms with E-state index in [0.29, 0.717) is 17.1 Å². The standard InChI is InChI=1S/C14H19BrFN/c15-13-9-5-6-11(14(13)16)10-17-12-7-3-1-2-4-8-12/h5-6,9,12,17H,1-4,7-8,10H2. The maximum Gasteiger partial charge on any atom is 0.141 e. The number of rotatable bonds is 3. The molecule has 0 saturated heterocycles. The van der Waals surface area contributed by atoms with Gasteiger partial charge in [-0.3, -0.25) is 0 Å². The van der Waals surface area contributed by atoms with Gasteiger partial charge in [0.25, 0.3) is 0 Å². The lowest BCUT2D eigenvalue weighted by molar-refractivity contribution is 0.452. The van der Waals surface area contributed by atoms with E-state index in [2.05, 4.69) is 21.2 Å². The Morgan fingerprint density at radius 2 is 1.88 bits per heavy atom. The minimum Gasteiger partial charge on any atom is -0.310 e. The summed E-state index contributed by atoms with van der Waals surface area (Å²) in [5.74, 6) is -0.131. The third-order valence-corrected chi connectivity index (χ3v) is 4.08. The van der Waals surface area contributed by atoms with Gasteiger partial charge < -0.3 is 5.32 Å². The van der Waals surface area contributed by atoms with Gasteiger partial charge in [0.2, 0.25) is 0 Å². The third-order valence-electron chi connectivity index (χ3n) is 3.47. The number of hydrogen-bond donors (Lipinski definition) is 1. The second-order valence-electron chi connectivity index (χ2n) is 4.78. The Bertz CT molecular complexity index is 359. The highest BCUT2D eigenvalue weighted by atomic mass is 79.9. The fraction of sp³-hybridized carbons (Fsp3) is 0.571. The van der Waals surface area contributed by atoms with Crippen LogP contribution in [0.2, 0.25) is 0 Å². The lowest BCUT2D eigenvalue weighted by Crippen LogP contribution is -2.28. The summed E-state index contributed by atoms with van der Waals surface area (Å²) >= 11 is 3.22. The predicted molar refractivity (Wildman–Crippen MR) is 72.4 cm³/mol. The molecule has 0 amide bonds. The molecule has 0 atom stereocenters. The van der Waals surface area contributed by atoms with Crippen molar-refractivity contribution in [2.45, 2.75) is 51.1 Å². The van der Waals surface area contributed by atoms with Crippen LogP contribution >= 0.6 is 15.9 Å². The van der Waals surface area contributed by atoms with Crippen LogP contribution in [0.4, 0.5) is 4.39 Å². The Hall–Kier alpha value is -0.410. The van der Waals surface area contributed by atoms with Gasteiger partial charge in [0, 0.05) is 18.2 Å².